The molecule has 0 bridgehead atoms. The fourth-order valence-electron chi connectivity index (χ4n) is 1.97. The van der Waals surface area contributed by atoms with E-state index in [4.69, 9.17) is 9.47 Å². The molecule has 0 amide bonds. The van der Waals surface area contributed by atoms with E-state index in [1.165, 1.54) is 5.56 Å². The molecule has 0 saturated heterocycles. The molecule has 18 heavy (non-hydrogen) atoms. The lowest BCUT2D eigenvalue weighted by molar-refractivity contribution is 0.318. The highest BCUT2D eigenvalue weighted by Gasteiger charge is 2.09. The van der Waals surface area contributed by atoms with Gasteiger partial charge in [0.25, 0.3) is 0 Å². The maximum absolute atomic E-state index is 5.43. The Morgan fingerprint density at radius 2 is 1.83 bits per heavy atom. The Labute approximate surface area is 110 Å². The van der Waals surface area contributed by atoms with Crippen molar-refractivity contribution in [1.29, 1.82) is 0 Å². The summed E-state index contributed by atoms with van der Waals surface area (Å²) in [6, 6.07) is 4.10. The zero-order chi connectivity index (χ0) is 13.5. The number of aryl methyl sites for hydroxylation is 1. The molecule has 1 rings (SSSR count). The monoisotopic (exact) mass is 252 g/mol. The van der Waals surface area contributed by atoms with Gasteiger partial charge < -0.3 is 14.8 Å². The van der Waals surface area contributed by atoms with E-state index in [9.17, 15) is 0 Å². The third-order valence-corrected chi connectivity index (χ3v) is 2.99. The van der Waals surface area contributed by atoms with Crippen molar-refractivity contribution < 1.29 is 9.47 Å². The Bertz CT molecular complexity index is 380. The number of ether oxygens (including phenoxy) is 2. The van der Waals surface area contributed by atoms with Crippen molar-refractivity contribution in [3.8, 4) is 11.5 Å². The van der Waals surface area contributed by atoms with E-state index in [1.807, 2.05) is 20.0 Å². The molecule has 1 aromatic carbocycles. The average molecular weight is 252 g/mol. The van der Waals surface area contributed by atoms with Gasteiger partial charge in [0, 0.05) is 13.2 Å². The van der Waals surface area contributed by atoms with Crippen LogP contribution < -0.4 is 14.8 Å². The lowest BCUT2D eigenvalue weighted by atomic mass is 10.1. The van der Waals surface area contributed by atoms with Gasteiger partial charge >= 0.3 is 0 Å². The van der Waals surface area contributed by atoms with Gasteiger partial charge in [0.2, 0.25) is 0 Å². The standard InChI is InChI=1S/C14H24N2O2/c1-11-8-14(18-5)12(9-13(11)17-4)6-7-16(3)10-15-2/h8-9,15H,6-7,10H2,1-5H3. The van der Waals surface area contributed by atoms with Gasteiger partial charge in [-0.1, -0.05) is 0 Å². The highest BCUT2D eigenvalue weighted by atomic mass is 16.5. The molecule has 0 aliphatic rings. The molecular weight excluding hydrogens is 228 g/mol. The molecule has 1 N–H and O–H groups in total. The van der Waals surface area contributed by atoms with E-state index >= 15 is 0 Å². The minimum absolute atomic E-state index is 0.880. The molecule has 0 spiro atoms. The van der Waals surface area contributed by atoms with E-state index in [1.54, 1.807) is 14.2 Å². The van der Waals surface area contributed by atoms with E-state index in [0.717, 1.165) is 36.7 Å². The van der Waals surface area contributed by atoms with Crippen molar-refractivity contribution in [2.45, 2.75) is 13.3 Å². The molecule has 0 heterocycles. The summed E-state index contributed by atoms with van der Waals surface area (Å²) < 4.78 is 10.8. The van der Waals surface area contributed by atoms with Gasteiger partial charge in [0.15, 0.2) is 0 Å². The van der Waals surface area contributed by atoms with Crippen molar-refractivity contribution in [3.63, 3.8) is 0 Å². The summed E-state index contributed by atoms with van der Waals surface area (Å²) in [6.45, 7) is 3.88. The van der Waals surface area contributed by atoms with Gasteiger partial charge in [0.05, 0.1) is 14.2 Å². The van der Waals surface area contributed by atoms with Crippen molar-refractivity contribution in [2.75, 3.05) is 41.5 Å². The molecule has 0 fully saturated rings. The van der Waals surface area contributed by atoms with Gasteiger partial charge in [-0.05, 0) is 50.7 Å². The summed E-state index contributed by atoms with van der Waals surface area (Å²) in [5, 5.41) is 3.13. The van der Waals surface area contributed by atoms with Crippen LogP contribution in [0.1, 0.15) is 11.1 Å². The van der Waals surface area contributed by atoms with Gasteiger partial charge in [0.1, 0.15) is 11.5 Å². The predicted octanol–water partition coefficient (Wildman–Crippen LogP) is 1.66. The minimum Gasteiger partial charge on any atom is -0.496 e. The van der Waals surface area contributed by atoms with E-state index in [2.05, 4.69) is 23.3 Å². The van der Waals surface area contributed by atoms with Gasteiger partial charge in [-0.15, -0.1) is 0 Å². The van der Waals surface area contributed by atoms with E-state index < -0.39 is 0 Å². The molecule has 0 unspecified atom stereocenters. The molecule has 0 radical (unpaired) electrons. The number of nitrogens with one attached hydrogen (secondary N) is 1. The first-order chi connectivity index (χ1) is 8.62. The lowest BCUT2D eigenvalue weighted by Crippen LogP contribution is -2.30. The Hall–Kier alpha value is -1.26. The van der Waals surface area contributed by atoms with Crippen LogP contribution in [0.2, 0.25) is 0 Å². The first kappa shape index (κ1) is 14.8. The Morgan fingerprint density at radius 3 is 2.39 bits per heavy atom. The number of nitrogens with zero attached hydrogens (tertiary/aromatic N) is 1. The van der Waals surface area contributed by atoms with Crippen molar-refractivity contribution in [3.05, 3.63) is 23.3 Å². The lowest BCUT2D eigenvalue weighted by Gasteiger charge is -2.18. The molecule has 0 aliphatic heterocycles. The quantitative estimate of drug-likeness (QED) is 0.748. The van der Waals surface area contributed by atoms with Crippen LogP contribution in [0.3, 0.4) is 0 Å². The van der Waals surface area contributed by atoms with Crippen LogP contribution in [0, 0.1) is 6.92 Å². The molecule has 0 saturated carbocycles. The SMILES string of the molecule is CNCN(C)CCc1cc(OC)c(C)cc1OC. The van der Waals surface area contributed by atoms with Gasteiger partial charge in [-0.25, -0.2) is 0 Å². The Morgan fingerprint density at radius 1 is 1.17 bits per heavy atom. The highest BCUT2D eigenvalue weighted by molar-refractivity contribution is 5.46. The fraction of sp³-hybridized carbons (Fsp3) is 0.571. The van der Waals surface area contributed by atoms with Crippen molar-refractivity contribution >= 4 is 0 Å². The smallest absolute Gasteiger partial charge is 0.122 e. The Kier molecular flexibility index (Phi) is 5.95. The summed E-state index contributed by atoms with van der Waals surface area (Å²) in [6.07, 6.45) is 0.942. The molecule has 102 valence electrons. The van der Waals surface area contributed by atoms with Crippen LogP contribution in [0.4, 0.5) is 0 Å². The van der Waals surface area contributed by atoms with Crippen molar-refractivity contribution in [2.24, 2.45) is 0 Å². The van der Waals surface area contributed by atoms with Crippen LogP contribution in [-0.2, 0) is 6.42 Å². The number of likely N-dealkylation sites (N-methyl/N-ethyl adjacent to an activating group) is 1. The highest BCUT2D eigenvalue weighted by Crippen LogP contribution is 2.28. The van der Waals surface area contributed by atoms with Crippen molar-refractivity contribution in [1.82, 2.24) is 10.2 Å². The summed E-state index contributed by atoms with van der Waals surface area (Å²) >= 11 is 0. The molecule has 0 aromatic heterocycles. The third kappa shape index (κ3) is 3.89. The molecule has 4 nitrogen and oxygen atoms in total. The first-order valence-electron chi connectivity index (χ1n) is 6.17. The second kappa shape index (κ2) is 7.24. The summed E-state index contributed by atoms with van der Waals surface area (Å²) in [4.78, 5) is 2.23. The predicted molar refractivity (Wildman–Crippen MR) is 74.5 cm³/mol. The number of benzene rings is 1. The maximum Gasteiger partial charge on any atom is 0.122 e. The third-order valence-electron chi connectivity index (χ3n) is 2.99. The zero-order valence-electron chi connectivity index (χ0n) is 12.0. The molecular formula is C14H24N2O2. The van der Waals surface area contributed by atoms with Crippen LogP contribution in [0.5, 0.6) is 11.5 Å². The molecule has 4 heteroatoms. The average Bonchev–Trinajstić information content (AvgIpc) is 2.37. The van der Waals surface area contributed by atoms with Crippen LogP contribution in [-0.4, -0.2) is 46.4 Å². The molecule has 1 aromatic rings. The second-order valence-corrected chi connectivity index (χ2v) is 4.48. The van der Waals surface area contributed by atoms with Gasteiger partial charge in [-0.3, -0.25) is 4.90 Å². The van der Waals surface area contributed by atoms with Crippen LogP contribution in [0.25, 0.3) is 0 Å². The normalized spacial score (nSPS) is 10.8. The van der Waals surface area contributed by atoms with Crippen LogP contribution >= 0.6 is 0 Å². The topological polar surface area (TPSA) is 33.7 Å². The van der Waals surface area contributed by atoms with Crippen LogP contribution in [0.15, 0.2) is 12.1 Å². The fourth-order valence-corrected chi connectivity index (χ4v) is 1.97. The largest absolute Gasteiger partial charge is 0.496 e. The zero-order valence-corrected chi connectivity index (χ0v) is 12.0. The first-order valence-corrected chi connectivity index (χ1v) is 6.17. The van der Waals surface area contributed by atoms with Gasteiger partial charge in [-0.2, -0.15) is 0 Å². The number of hydrogen-bond acceptors (Lipinski definition) is 4. The second-order valence-electron chi connectivity index (χ2n) is 4.48. The summed E-state index contributed by atoms with van der Waals surface area (Å²) in [5.74, 6) is 1.85. The molecule has 0 aliphatic carbocycles. The summed E-state index contributed by atoms with van der Waals surface area (Å²) in [7, 11) is 7.45. The molecule has 0 atom stereocenters. The number of methoxy groups -OCH3 is 2. The minimum atomic E-state index is 0.880. The Balaban J connectivity index is 2.79. The number of hydrogen-bond donors (Lipinski definition) is 1. The maximum atomic E-state index is 5.43. The van der Waals surface area contributed by atoms with E-state index in [-0.39, 0.29) is 0 Å². The van der Waals surface area contributed by atoms with E-state index in [0.29, 0.717) is 0 Å². The number of rotatable bonds is 7. The summed E-state index contributed by atoms with van der Waals surface area (Å²) in [5.41, 5.74) is 2.28.